The van der Waals surface area contributed by atoms with E-state index in [0.29, 0.717) is 0 Å². The lowest BCUT2D eigenvalue weighted by Crippen LogP contribution is -2.70. The summed E-state index contributed by atoms with van der Waals surface area (Å²) in [5.41, 5.74) is 0. The predicted molar refractivity (Wildman–Crippen MR) is 51.6 cm³/mol. The molecule has 5 atom stereocenters. The van der Waals surface area contributed by atoms with Gasteiger partial charge in [-0.3, -0.25) is 0 Å². The van der Waals surface area contributed by atoms with Crippen molar-refractivity contribution in [1.82, 2.24) is 9.44 Å². The maximum Gasteiger partial charge on any atom is 0.277 e. The van der Waals surface area contributed by atoms with Crippen molar-refractivity contribution in [3.05, 3.63) is 0 Å². The number of aliphatic hydroxyl groups excluding tert-OH is 3. The topological polar surface area (TPSA) is 128 Å². The molecule has 0 radical (unpaired) electrons. The largest absolute Gasteiger partial charge is 0.394 e. The zero-order valence-corrected chi connectivity index (χ0v) is 9.09. The van der Waals surface area contributed by atoms with Crippen LogP contribution >= 0.6 is 0 Å². The second kappa shape index (κ2) is 4.18. The maximum atomic E-state index is 11.2. The molecule has 94 valence electrons. The van der Waals surface area contributed by atoms with Gasteiger partial charge in [0.25, 0.3) is 10.2 Å². The summed E-state index contributed by atoms with van der Waals surface area (Å²) >= 11 is 0. The Balaban J connectivity index is 2.17. The Hall–Kier alpha value is -0.290. The third-order valence-corrected chi connectivity index (χ3v) is 3.92. The lowest BCUT2D eigenvalue weighted by Gasteiger charge is -2.44. The van der Waals surface area contributed by atoms with Crippen LogP contribution in [0.15, 0.2) is 0 Å². The first-order chi connectivity index (χ1) is 7.44. The molecule has 2 aliphatic heterocycles. The van der Waals surface area contributed by atoms with E-state index in [1.165, 1.54) is 0 Å². The number of aliphatic hydroxyl groups is 3. The Bertz CT molecular complexity index is 358. The Labute approximate surface area is 92.4 Å². The third-order valence-electron chi connectivity index (χ3n) is 2.79. The first-order valence-corrected chi connectivity index (χ1v) is 6.32. The molecule has 2 unspecified atom stereocenters. The molecule has 2 fully saturated rings. The normalized spacial score (nSPS) is 47.3. The van der Waals surface area contributed by atoms with Crippen molar-refractivity contribution in [2.24, 2.45) is 0 Å². The van der Waals surface area contributed by atoms with Gasteiger partial charge in [0, 0.05) is 6.54 Å². The number of nitrogens with one attached hydrogen (secondary N) is 2. The van der Waals surface area contributed by atoms with Crippen LogP contribution in [0.3, 0.4) is 0 Å². The standard InChI is InChI=1S/C7H14N2O6S/c10-2-4-6(11)7(12)5-3(15-4)1-8-16(13,14)9-5/h3-12H,1-2H2/t3-,4?,5?,6+,7-/m1/s1. The summed E-state index contributed by atoms with van der Waals surface area (Å²) in [7, 11) is -3.65. The Kier molecular flexibility index (Phi) is 3.18. The summed E-state index contributed by atoms with van der Waals surface area (Å²) in [5, 5.41) is 28.2. The van der Waals surface area contributed by atoms with Crippen LogP contribution in [0, 0.1) is 0 Å². The fourth-order valence-electron chi connectivity index (χ4n) is 1.93. The van der Waals surface area contributed by atoms with Gasteiger partial charge >= 0.3 is 0 Å². The molecule has 16 heavy (non-hydrogen) atoms. The molecular weight excluding hydrogens is 240 g/mol. The van der Waals surface area contributed by atoms with Gasteiger partial charge in [-0.1, -0.05) is 0 Å². The van der Waals surface area contributed by atoms with Crippen LogP contribution in [0.4, 0.5) is 0 Å². The van der Waals surface area contributed by atoms with E-state index in [1.807, 2.05) is 0 Å². The Morgan fingerprint density at radius 3 is 2.62 bits per heavy atom. The van der Waals surface area contributed by atoms with Crippen LogP contribution in [0.1, 0.15) is 0 Å². The minimum atomic E-state index is -3.65. The molecule has 0 aromatic rings. The minimum Gasteiger partial charge on any atom is -0.394 e. The highest BCUT2D eigenvalue weighted by Crippen LogP contribution is 2.23. The third kappa shape index (κ3) is 2.07. The van der Waals surface area contributed by atoms with Crippen molar-refractivity contribution in [3.8, 4) is 0 Å². The van der Waals surface area contributed by atoms with Crippen LogP contribution in [0.25, 0.3) is 0 Å². The first-order valence-electron chi connectivity index (χ1n) is 4.84. The zero-order valence-electron chi connectivity index (χ0n) is 8.28. The Morgan fingerprint density at radius 1 is 1.31 bits per heavy atom. The lowest BCUT2D eigenvalue weighted by atomic mass is 9.93. The number of hydrogen-bond acceptors (Lipinski definition) is 6. The molecule has 5 N–H and O–H groups in total. The monoisotopic (exact) mass is 254 g/mol. The highest BCUT2D eigenvalue weighted by atomic mass is 32.2. The van der Waals surface area contributed by atoms with Crippen molar-refractivity contribution >= 4 is 10.2 Å². The molecule has 0 bridgehead atoms. The summed E-state index contributed by atoms with van der Waals surface area (Å²) < 4.78 is 32.0. The maximum absolute atomic E-state index is 11.2. The molecule has 0 aromatic heterocycles. The van der Waals surface area contributed by atoms with Gasteiger partial charge in [0.1, 0.15) is 18.3 Å². The molecule has 9 heteroatoms. The van der Waals surface area contributed by atoms with Crippen LogP contribution in [0.2, 0.25) is 0 Å². The summed E-state index contributed by atoms with van der Waals surface area (Å²) in [4.78, 5) is 0. The molecule has 0 amide bonds. The number of fused-ring (bicyclic) bond motifs is 1. The average molecular weight is 254 g/mol. The number of ether oxygens (including phenoxy) is 1. The van der Waals surface area contributed by atoms with E-state index in [1.54, 1.807) is 0 Å². The molecule has 2 heterocycles. The van der Waals surface area contributed by atoms with Crippen molar-refractivity contribution < 1.29 is 28.5 Å². The number of rotatable bonds is 1. The second-order valence-corrected chi connectivity index (χ2v) is 5.40. The fourth-order valence-corrected chi connectivity index (χ4v) is 3.04. The quantitative estimate of drug-likeness (QED) is 0.327. The van der Waals surface area contributed by atoms with Gasteiger partial charge in [-0.15, -0.1) is 0 Å². The molecule has 2 aliphatic rings. The van der Waals surface area contributed by atoms with E-state index in [-0.39, 0.29) is 6.54 Å². The second-order valence-electron chi connectivity index (χ2n) is 3.87. The average Bonchev–Trinajstić information content (AvgIpc) is 2.23. The van der Waals surface area contributed by atoms with Crippen molar-refractivity contribution in [2.75, 3.05) is 13.2 Å². The summed E-state index contributed by atoms with van der Waals surface area (Å²) in [6.45, 7) is -0.436. The summed E-state index contributed by atoms with van der Waals surface area (Å²) in [6, 6.07) is -0.899. The molecule has 2 saturated heterocycles. The molecule has 0 spiro atoms. The molecule has 8 nitrogen and oxygen atoms in total. The van der Waals surface area contributed by atoms with Crippen LogP contribution in [0.5, 0.6) is 0 Å². The first kappa shape index (κ1) is 12.2. The minimum absolute atomic E-state index is 0.000278. The van der Waals surface area contributed by atoms with Crippen LogP contribution < -0.4 is 9.44 Å². The smallest absolute Gasteiger partial charge is 0.277 e. The van der Waals surface area contributed by atoms with Gasteiger partial charge in [0.05, 0.1) is 18.8 Å². The molecule has 2 rings (SSSR count). The van der Waals surface area contributed by atoms with Crippen LogP contribution in [-0.4, -0.2) is 67.3 Å². The van der Waals surface area contributed by atoms with Gasteiger partial charge in [-0.05, 0) is 0 Å². The fraction of sp³-hybridized carbons (Fsp3) is 1.00. The van der Waals surface area contributed by atoms with Crippen molar-refractivity contribution in [1.29, 1.82) is 0 Å². The van der Waals surface area contributed by atoms with Gasteiger partial charge < -0.3 is 20.1 Å². The molecule has 0 aliphatic carbocycles. The lowest BCUT2D eigenvalue weighted by molar-refractivity contribution is -0.190. The zero-order chi connectivity index (χ0) is 11.9. The van der Waals surface area contributed by atoms with Crippen LogP contribution in [-0.2, 0) is 14.9 Å². The summed E-state index contributed by atoms with van der Waals surface area (Å²) in [6.07, 6.45) is -4.13. The van der Waals surface area contributed by atoms with E-state index < -0.39 is 47.3 Å². The van der Waals surface area contributed by atoms with Gasteiger partial charge in [0.15, 0.2) is 0 Å². The summed E-state index contributed by atoms with van der Waals surface area (Å²) in [5.74, 6) is 0. The number of hydrogen-bond donors (Lipinski definition) is 5. The van der Waals surface area contributed by atoms with Gasteiger partial charge in [-0.2, -0.15) is 17.9 Å². The predicted octanol–water partition coefficient (Wildman–Crippen LogP) is -3.73. The highest BCUT2D eigenvalue weighted by molar-refractivity contribution is 7.87. The molecule has 0 saturated carbocycles. The van der Waals surface area contributed by atoms with E-state index in [9.17, 15) is 18.6 Å². The highest BCUT2D eigenvalue weighted by Gasteiger charge is 2.47. The van der Waals surface area contributed by atoms with E-state index in [2.05, 4.69) is 9.44 Å². The van der Waals surface area contributed by atoms with Gasteiger partial charge in [0.2, 0.25) is 0 Å². The van der Waals surface area contributed by atoms with E-state index in [4.69, 9.17) is 9.84 Å². The van der Waals surface area contributed by atoms with E-state index in [0.717, 1.165) is 0 Å². The molecule has 0 aromatic carbocycles. The Morgan fingerprint density at radius 2 is 2.00 bits per heavy atom. The van der Waals surface area contributed by atoms with Gasteiger partial charge in [-0.25, -0.2) is 0 Å². The van der Waals surface area contributed by atoms with E-state index >= 15 is 0 Å². The SMILES string of the molecule is O=S1(=O)NC[C@H]2OC(CO)[C@H](O)[C@H](O)C2N1. The van der Waals surface area contributed by atoms with Crippen molar-refractivity contribution in [3.63, 3.8) is 0 Å². The van der Waals surface area contributed by atoms with Crippen molar-refractivity contribution in [2.45, 2.75) is 30.5 Å². The molecular formula is C7H14N2O6S.